The minimum atomic E-state index is -0.828. The van der Waals surface area contributed by atoms with Crippen LogP contribution in [-0.4, -0.2) is 30.2 Å². The topological polar surface area (TPSA) is 110 Å². The van der Waals surface area contributed by atoms with Gasteiger partial charge in [-0.05, 0) is 12.8 Å². The average Bonchev–Trinajstić information content (AvgIpc) is 2.83. The van der Waals surface area contributed by atoms with Crippen molar-refractivity contribution in [1.29, 1.82) is 0 Å². The van der Waals surface area contributed by atoms with Gasteiger partial charge in [-0.3, -0.25) is 18.7 Å². The van der Waals surface area contributed by atoms with E-state index in [4.69, 9.17) is 5.11 Å². The lowest BCUT2D eigenvalue weighted by Gasteiger charge is -2.00. The number of hydrogen-bond acceptors (Lipinski definition) is 4. The van der Waals surface area contributed by atoms with Crippen LogP contribution in [0.2, 0.25) is 0 Å². The molecule has 2 aromatic rings. The van der Waals surface area contributed by atoms with E-state index in [1.807, 2.05) is 0 Å². The number of carboxylic acid groups (broad SMARTS) is 1. The normalized spacial score (nSPS) is 11.1. The number of hydrogen-bond donors (Lipinski definition) is 2. The van der Waals surface area contributed by atoms with Crippen molar-refractivity contribution in [3.8, 4) is 0 Å². The molecule has 0 saturated carbocycles. The van der Waals surface area contributed by atoms with Gasteiger partial charge in [0.15, 0.2) is 5.65 Å². The zero-order chi connectivity index (χ0) is 14.9. The third-order valence-corrected chi connectivity index (χ3v) is 3.20. The highest BCUT2D eigenvalue weighted by molar-refractivity contribution is 5.69. The van der Waals surface area contributed by atoms with Crippen LogP contribution in [-0.2, 0) is 25.3 Å². The van der Waals surface area contributed by atoms with Gasteiger partial charge in [0, 0.05) is 26.9 Å². The van der Waals surface area contributed by atoms with Crippen molar-refractivity contribution in [3.05, 3.63) is 26.7 Å². The molecular formula is C12H16N4O4. The van der Waals surface area contributed by atoms with Gasteiger partial charge in [-0.2, -0.15) is 0 Å². The number of fused-ring (bicyclic) bond motifs is 1. The molecule has 0 bridgehead atoms. The molecule has 8 heteroatoms. The van der Waals surface area contributed by atoms with Gasteiger partial charge in [0.25, 0.3) is 5.56 Å². The maximum Gasteiger partial charge on any atom is 0.332 e. The number of aromatic nitrogens is 4. The van der Waals surface area contributed by atoms with Crippen LogP contribution in [0.25, 0.3) is 11.2 Å². The first-order chi connectivity index (χ1) is 9.41. The molecule has 0 spiro atoms. The predicted molar refractivity (Wildman–Crippen MR) is 71.8 cm³/mol. The molecule has 0 amide bonds. The Morgan fingerprint density at radius 3 is 2.60 bits per heavy atom. The highest BCUT2D eigenvalue weighted by atomic mass is 16.4. The first-order valence-corrected chi connectivity index (χ1v) is 6.28. The van der Waals surface area contributed by atoms with E-state index in [0.717, 1.165) is 4.57 Å². The summed E-state index contributed by atoms with van der Waals surface area (Å²) in [5.74, 6) is -0.241. The second-order valence-corrected chi connectivity index (χ2v) is 4.69. The van der Waals surface area contributed by atoms with Crippen molar-refractivity contribution < 1.29 is 9.90 Å². The molecule has 0 unspecified atom stereocenters. The van der Waals surface area contributed by atoms with E-state index in [-0.39, 0.29) is 6.42 Å². The van der Waals surface area contributed by atoms with E-state index >= 15 is 0 Å². The first-order valence-electron chi connectivity index (χ1n) is 6.28. The van der Waals surface area contributed by atoms with Crippen molar-refractivity contribution in [2.45, 2.75) is 25.7 Å². The summed E-state index contributed by atoms with van der Waals surface area (Å²) in [6.45, 7) is 0. The van der Waals surface area contributed by atoms with Gasteiger partial charge < -0.3 is 10.1 Å². The average molecular weight is 280 g/mol. The number of carbonyl (C=O) groups is 1. The molecule has 2 N–H and O–H groups in total. The van der Waals surface area contributed by atoms with Crippen LogP contribution in [0.1, 0.15) is 25.1 Å². The Hall–Kier alpha value is -2.38. The van der Waals surface area contributed by atoms with Crippen molar-refractivity contribution in [1.82, 2.24) is 19.1 Å². The molecule has 0 saturated heterocycles. The fourth-order valence-electron chi connectivity index (χ4n) is 2.06. The van der Waals surface area contributed by atoms with E-state index in [1.54, 1.807) is 7.05 Å². The summed E-state index contributed by atoms with van der Waals surface area (Å²) in [5, 5.41) is 8.55. The Morgan fingerprint density at radius 2 is 1.95 bits per heavy atom. The number of aromatic amines is 1. The second kappa shape index (κ2) is 5.32. The predicted octanol–water partition coefficient (Wildman–Crippen LogP) is -0.242. The van der Waals surface area contributed by atoms with Crippen LogP contribution in [0.3, 0.4) is 0 Å². The van der Waals surface area contributed by atoms with Crippen LogP contribution in [0.4, 0.5) is 0 Å². The first kappa shape index (κ1) is 14.0. The molecule has 2 heterocycles. The van der Waals surface area contributed by atoms with Crippen molar-refractivity contribution in [2.75, 3.05) is 0 Å². The lowest BCUT2D eigenvalue weighted by atomic mass is 10.2. The third-order valence-electron chi connectivity index (χ3n) is 3.20. The Kier molecular flexibility index (Phi) is 3.73. The Balaban J connectivity index is 2.28. The van der Waals surface area contributed by atoms with Gasteiger partial charge >= 0.3 is 11.7 Å². The molecule has 108 valence electrons. The summed E-state index contributed by atoms with van der Waals surface area (Å²) in [5.41, 5.74) is -0.215. The van der Waals surface area contributed by atoms with E-state index in [2.05, 4.69) is 9.97 Å². The fourth-order valence-corrected chi connectivity index (χ4v) is 2.06. The highest BCUT2D eigenvalue weighted by Crippen LogP contribution is 2.08. The minimum Gasteiger partial charge on any atom is -0.481 e. The van der Waals surface area contributed by atoms with Gasteiger partial charge in [-0.25, -0.2) is 9.78 Å². The Labute approximate surface area is 113 Å². The lowest BCUT2D eigenvalue weighted by molar-refractivity contribution is -0.137. The number of aryl methyl sites for hydroxylation is 2. The van der Waals surface area contributed by atoms with Crippen LogP contribution in [0, 0.1) is 0 Å². The molecule has 0 aromatic carbocycles. The number of rotatable bonds is 5. The molecule has 2 aromatic heterocycles. The Morgan fingerprint density at radius 1 is 1.25 bits per heavy atom. The SMILES string of the molecule is Cn1c(=O)c2[nH]c(CCCCC(=O)O)nc2n(C)c1=O. The molecule has 8 nitrogen and oxygen atoms in total. The van der Waals surface area contributed by atoms with E-state index < -0.39 is 17.2 Å². The van der Waals surface area contributed by atoms with Gasteiger partial charge in [-0.15, -0.1) is 0 Å². The van der Waals surface area contributed by atoms with Crippen molar-refractivity contribution >= 4 is 17.1 Å². The standard InChI is InChI=1S/C12H16N4O4/c1-15-10-9(11(19)16(2)12(15)20)13-7(14-10)5-3-4-6-8(17)18/h3-6H2,1-2H3,(H,13,14)(H,17,18). The van der Waals surface area contributed by atoms with Gasteiger partial charge in [0.2, 0.25) is 0 Å². The van der Waals surface area contributed by atoms with Crippen LogP contribution in [0.5, 0.6) is 0 Å². The largest absolute Gasteiger partial charge is 0.481 e. The third kappa shape index (κ3) is 2.49. The lowest BCUT2D eigenvalue weighted by Crippen LogP contribution is -2.36. The number of nitrogens with one attached hydrogen (secondary N) is 1. The second-order valence-electron chi connectivity index (χ2n) is 4.69. The van der Waals surface area contributed by atoms with Gasteiger partial charge in [-0.1, -0.05) is 0 Å². The molecule has 0 radical (unpaired) electrons. The van der Waals surface area contributed by atoms with Crippen molar-refractivity contribution in [2.24, 2.45) is 14.1 Å². The summed E-state index contributed by atoms with van der Waals surface area (Å²) < 4.78 is 2.34. The molecular weight excluding hydrogens is 264 g/mol. The zero-order valence-electron chi connectivity index (χ0n) is 11.3. The number of imidazole rings is 1. The summed E-state index contributed by atoms with van der Waals surface area (Å²) in [6, 6.07) is 0. The van der Waals surface area contributed by atoms with E-state index in [9.17, 15) is 14.4 Å². The zero-order valence-corrected chi connectivity index (χ0v) is 11.3. The number of unbranched alkanes of at least 4 members (excludes halogenated alkanes) is 1. The molecule has 2 rings (SSSR count). The fraction of sp³-hybridized carbons (Fsp3) is 0.500. The number of carboxylic acids is 1. The highest BCUT2D eigenvalue weighted by Gasteiger charge is 2.13. The number of aliphatic carboxylic acids is 1. The monoisotopic (exact) mass is 280 g/mol. The van der Waals surface area contributed by atoms with Crippen LogP contribution >= 0.6 is 0 Å². The molecule has 0 aliphatic carbocycles. The van der Waals surface area contributed by atoms with Crippen LogP contribution < -0.4 is 11.2 Å². The quantitative estimate of drug-likeness (QED) is 0.734. The number of nitrogens with zero attached hydrogens (tertiary/aromatic N) is 3. The maximum atomic E-state index is 11.9. The minimum absolute atomic E-state index is 0.112. The van der Waals surface area contributed by atoms with Crippen molar-refractivity contribution in [3.63, 3.8) is 0 Å². The summed E-state index contributed by atoms with van der Waals surface area (Å²) >= 11 is 0. The van der Waals surface area contributed by atoms with Gasteiger partial charge in [0.05, 0.1) is 0 Å². The molecule has 20 heavy (non-hydrogen) atoms. The maximum absolute atomic E-state index is 11.9. The van der Waals surface area contributed by atoms with Crippen LogP contribution in [0.15, 0.2) is 9.59 Å². The summed E-state index contributed by atoms with van der Waals surface area (Å²) in [4.78, 5) is 41.2. The van der Waals surface area contributed by atoms with E-state index in [1.165, 1.54) is 11.6 Å². The van der Waals surface area contributed by atoms with E-state index in [0.29, 0.717) is 36.3 Å². The summed E-state index contributed by atoms with van der Waals surface area (Å²) in [6.07, 6.45) is 1.85. The van der Waals surface area contributed by atoms with Gasteiger partial charge in [0.1, 0.15) is 11.3 Å². The Bertz CT molecular complexity index is 768. The smallest absolute Gasteiger partial charge is 0.332 e. The molecule has 0 atom stereocenters. The summed E-state index contributed by atoms with van der Waals surface area (Å²) in [7, 11) is 2.97. The molecule has 0 aliphatic heterocycles. The molecule has 0 aliphatic rings. The number of H-pyrrole nitrogens is 1. The molecule has 0 fully saturated rings.